The maximum Gasteiger partial charge on any atom is 0.328 e. The van der Waals surface area contributed by atoms with E-state index >= 15 is 0 Å². The van der Waals surface area contributed by atoms with E-state index in [1.807, 2.05) is 13.8 Å². The third-order valence-electron chi connectivity index (χ3n) is 3.56. The molecule has 0 fully saturated rings. The summed E-state index contributed by atoms with van der Waals surface area (Å²) in [4.78, 5) is 31.7. The average Bonchev–Trinajstić information content (AvgIpc) is 3.12. The first-order valence-corrected chi connectivity index (χ1v) is 8.40. The molecule has 0 saturated heterocycles. The highest BCUT2D eigenvalue weighted by Crippen LogP contribution is 2.20. The van der Waals surface area contributed by atoms with Gasteiger partial charge in [-0.1, -0.05) is 27.2 Å². The van der Waals surface area contributed by atoms with Crippen molar-refractivity contribution in [3.63, 3.8) is 0 Å². The average molecular weight is 388 g/mol. The van der Waals surface area contributed by atoms with Crippen LogP contribution in [0.1, 0.15) is 51.4 Å². The van der Waals surface area contributed by atoms with Crippen LogP contribution < -0.4 is 22.1 Å². The molecule has 1 rings (SSSR count). The van der Waals surface area contributed by atoms with E-state index in [-0.39, 0.29) is 36.2 Å². The molecular formula is C15H28N6O6. The number of carboxylic acid groups (broad SMARTS) is 1. The molecule has 0 spiro atoms. The van der Waals surface area contributed by atoms with E-state index < -0.39 is 24.6 Å². The van der Waals surface area contributed by atoms with Crippen molar-refractivity contribution in [2.75, 3.05) is 6.61 Å². The molecule has 0 aliphatic rings. The van der Waals surface area contributed by atoms with Crippen LogP contribution in [0.25, 0.3) is 0 Å². The lowest BCUT2D eigenvalue weighted by Crippen LogP contribution is -2.47. The maximum atomic E-state index is 11.5. The lowest BCUT2D eigenvalue weighted by Gasteiger charge is -2.13. The summed E-state index contributed by atoms with van der Waals surface area (Å²) in [6.45, 7) is 4.89. The zero-order valence-electron chi connectivity index (χ0n) is 15.6. The van der Waals surface area contributed by atoms with E-state index in [9.17, 15) is 14.4 Å². The van der Waals surface area contributed by atoms with Gasteiger partial charge in [0.05, 0.1) is 19.2 Å². The Hall–Kier alpha value is -2.73. The van der Waals surface area contributed by atoms with E-state index in [0.29, 0.717) is 6.42 Å². The van der Waals surface area contributed by atoms with Crippen LogP contribution >= 0.6 is 0 Å². The summed E-state index contributed by atoms with van der Waals surface area (Å²) < 4.78 is 5.34. The van der Waals surface area contributed by atoms with Gasteiger partial charge >= 0.3 is 12.0 Å². The number of amides is 3. The standard InChI is InChI=1S/C12H21N5O5.C3H7NO/c1-3-6(2)9(13)10-17-16-8(22-10)4-14-12(21)15-7(5-18)11(19)20;1-2-3(4)5/h6-7,9,18H,3-5,13H2,1-2H3,(H,19,20)(H2,14,15,21);2H2,1H3,(H2,4,5). The van der Waals surface area contributed by atoms with Crippen LogP contribution in [0.15, 0.2) is 4.42 Å². The molecule has 12 heteroatoms. The minimum atomic E-state index is -1.38. The van der Waals surface area contributed by atoms with Crippen LogP contribution in [0.4, 0.5) is 4.79 Å². The Morgan fingerprint density at radius 2 is 1.85 bits per heavy atom. The number of urea groups is 1. The van der Waals surface area contributed by atoms with E-state index in [0.717, 1.165) is 6.42 Å². The molecule has 8 N–H and O–H groups in total. The topological polar surface area (TPSA) is 207 Å². The van der Waals surface area contributed by atoms with Crippen molar-refractivity contribution in [1.29, 1.82) is 0 Å². The Labute approximate surface area is 156 Å². The summed E-state index contributed by atoms with van der Waals surface area (Å²) in [5.41, 5.74) is 10.6. The van der Waals surface area contributed by atoms with E-state index in [1.165, 1.54) is 0 Å². The zero-order valence-corrected chi connectivity index (χ0v) is 15.6. The number of nitrogens with two attached hydrogens (primary N) is 2. The monoisotopic (exact) mass is 388 g/mol. The number of carboxylic acids is 1. The van der Waals surface area contributed by atoms with Gasteiger partial charge in [-0.25, -0.2) is 9.59 Å². The van der Waals surface area contributed by atoms with Gasteiger partial charge < -0.3 is 36.7 Å². The maximum absolute atomic E-state index is 11.5. The molecule has 0 radical (unpaired) electrons. The molecule has 1 aromatic rings. The summed E-state index contributed by atoms with van der Waals surface area (Å²) in [5, 5.41) is 29.5. The summed E-state index contributed by atoms with van der Waals surface area (Å²) in [6.07, 6.45) is 1.30. The van der Waals surface area contributed by atoms with Crippen molar-refractivity contribution in [3.05, 3.63) is 11.8 Å². The van der Waals surface area contributed by atoms with Crippen molar-refractivity contribution in [2.24, 2.45) is 17.4 Å². The molecule has 0 aromatic carbocycles. The number of aliphatic carboxylic acids is 1. The zero-order chi connectivity index (χ0) is 21.0. The molecule has 0 bridgehead atoms. The highest BCUT2D eigenvalue weighted by molar-refractivity contribution is 5.82. The van der Waals surface area contributed by atoms with E-state index in [1.54, 1.807) is 6.92 Å². The van der Waals surface area contributed by atoms with Crippen LogP contribution in [-0.2, 0) is 16.1 Å². The van der Waals surface area contributed by atoms with Crippen LogP contribution in [0.5, 0.6) is 0 Å². The molecule has 3 amide bonds. The van der Waals surface area contributed by atoms with Gasteiger partial charge in [0.2, 0.25) is 17.7 Å². The molecule has 1 aromatic heterocycles. The number of aliphatic hydroxyl groups excluding tert-OH is 1. The first kappa shape index (κ1) is 24.3. The summed E-state index contributed by atoms with van der Waals surface area (Å²) >= 11 is 0. The Morgan fingerprint density at radius 3 is 2.30 bits per heavy atom. The van der Waals surface area contributed by atoms with E-state index in [2.05, 4.69) is 26.6 Å². The van der Waals surface area contributed by atoms with Crippen LogP contribution in [-0.4, -0.2) is 51.0 Å². The fourth-order valence-electron chi connectivity index (χ4n) is 1.52. The number of primary amides is 1. The fourth-order valence-corrected chi connectivity index (χ4v) is 1.52. The van der Waals surface area contributed by atoms with Crippen LogP contribution in [0, 0.1) is 5.92 Å². The number of hydrogen-bond acceptors (Lipinski definition) is 8. The van der Waals surface area contributed by atoms with Crippen molar-refractivity contribution >= 4 is 17.9 Å². The van der Waals surface area contributed by atoms with Crippen molar-refractivity contribution in [2.45, 2.75) is 52.2 Å². The first-order valence-electron chi connectivity index (χ1n) is 8.40. The summed E-state index contributed by atoms with van der Waals surface area (Å²) in [7, 11) is 0. The minimum Gasteiger partial charge on any atom is -0.480 e. The number of carbonyl (C=O) groups is 3. The highest BCUT2D eigenvalue weighted by Gasteiger charge is 2.21. The number of aliphatic hydroxyl groups is 1. The molecule has 0 saturated carbocycles. The van der Waals surface area contributed by atoms with Gasteiger partial charge in [0.1, 0.15) is 0 Å². The number of rotatable bonds is 9. The smallest absolute Gasteiger partial charge is 0.328 e. The lowest BCUT2D eigenvalue weighted by atomic mass is 10.0. The highest BCUT2D eigenvalue weighted by atomic mass is 16.4. The van der Waals surface area contributed by atoms with E-state index in [4.69, 9.17) is 20.4 Å². The molecule has 3 atom stereocenters. The van der Waals surface area contributed by atoms with Crippen LogP contribution in [0.3, 0.4) is 0 Å². The Balaban J connectivity index is 0.00000119. The lowest BCUT2D eigenvalue weighted by molar-refractivity contribution is -0.140. The number of carbonyl (C=O) groups excluding carboxylic acids is 2. The van der Waals surface area contributed by atoms with Crippen molar-refractivity contribution in [1.82, 2.24) is 20.8 Å². The number of nitrogens with zero attached hydrogens (tertiary/aromatic N) is 2. The quantitative estimate of drug-likeness (QED) is 0.314. The number of hydrogen-bond donors (Lipinski definition) is 6. The molecule has 27 heavy (non-hydrogen) atoms. The Morgan fingerprint density at radius 1 is 1.26 bits per heavy atom. The SMILES string of the molecule is CCC(C)C(N)c1nnc(CNC(=O)NC(CO)C(=O)O)o1.CCC(N)=O. The van der Waals surface area contributed by atoms with Crippen LogP contribution in [0.2, 0.25) is 0 Å². The largest absolute Gasteiger partial charge is 0.480 e. The second kappa shape index (κ2) is 12.6. The molecule has 154 valence electrons. The molecule has 12 nitrogen and oxygen atoms in total. The predicted octanol–water partition coefficient (Wildman–Crippen LogP) is -0.758. The summed E-state index contributed by atoms with van der Waals surface area (Å²) in [6, 6.07) is -2.53. The van der Waals surface area contributed by atoms with Gasteiger partial charge in [-0.15, -0.1) is 10.2 Å². The first-order chi connectivity index (χ1) is 12.7. The second-order valence-corrected chi connectivity index (χ2v) is 5.67. The predicted molar refractivity (Wildman–Crippen MR) is 94.0 cm³/mol. The molecule has 3 unspecified atom stereocenters. The van der Waals surface area contributed by atoms with Gasteiger partial charge in [-0.3, -0.25) is 4.79 Å². The molecule has 1 heterocycles. The number of nitrogens with one attached hydrogen (secondary N) is 2. The summed E-state index contributed by atoms with van der Waals surface area (Å²) in [5.74, 6) is -0.974. The molecule has 0 aliphatic heterocycles. The minimum absolute atomic E-state index is 0.0795. The van der Waals surface area contributed by atoms with Gasteiger partial charge in [-0.05, 0) is 5.92 Å². The third-order valence-corrected chi connectivity index (χ3v) is 3.56. The van der Waals surface area contributed by atoms with Gasteiger partial charge in [-0.2, -0.15) is 0 Å². The second-order valence-electron chi connectivity index (χ2n) is 5.67. The van der Waals surface area contributed by atoms with Gasteiger partial charge in [0.25, 0.3) is 0 Å². The fraction of sp³-hybridized carbons (Fsp3) is 0.667. The Kier molecular flexibility index (Phi) is 11.3. The van der Waals surface area contributed by atoms with Crippen molar-refractivity contribution < 1.29 is 29.0 Å². The third kappa shape index (κ3) is 9.51. The van der Waals surface area contributed by atoms with Crippen molar-refractivity contribution in [3.8, 4) is 0 Å². The van der Waals surface area contributed by atoms with Gasteiger partial charge in [0.15, 0.2) is 6.04 Å². The Bertz CT molecular complexity index is 607. The van der Waals surface area contributed by atoms with Gasteiger partial charge in [0, 0.05) is 6.42 Å². The normalized spacial score (nSPS) is 13.5. The molecule has 0 aliphatic carbocycles. The number of aromatic nitrogens is 2. The molecular weight excluding hydrogens is 360 g/mol.